The van der Waals surface area contributed by atoms with Gasteiger partial charge in [0.15, 0.2) is 0 Å². The number of anilines is 2. The summed E-state index contributed by atoms with van der Waals surface area (Å²) in [5.74, 6) is 0.707. The van der Waals surface area contributed by atoms with Gasteiger partial charge in [0.05, 0.1) is 18.5 Å². The second-order valence-electron chi connectivity index (χ2n) is 7.42. The standard InChI is InChI=1S/C22H26ClN5O2/c1-24-20(22(29)30-2)14-27-9-11-28(12-10-27)21-16-5-3-4-6-17(16)25-18-8-7-15(23)13-19(18)26-21/h3-8,13,20,24-25H,9-12,14H2,1-2H3. The van der Waals surface area contributed by atoms with Gasteiger partial charge in [-0.15, -0.1) is 0 Å². The molecule has 4 rings (SSSR count). The molecule has 2 N–H and O–H groups in total. The monoisotopic (exact) mass is 427 g/mol. The number of hydrogen-bond donors (Lipinski definition) is 2. The van der Waals surface area contributed by atoms with Crippen LogP contribution in [-0.4, -0.2) is 74.5 Å². The summed E-state index contributed by atoms with van der Waals surface area (Å²) >= 11 is 6.23. The number of carbonyl (C=O) groups is 1. The van der Waals surface area contributed by atoms with E-state index < -0.39 is 0 Å². The summed E-state index contributed by atoms with van der Waals surface area (Å²) in [5.41, 5.74) is 3.87. The maximum atomic E-state index is 11.9. The predicted molar refractivity (Wildman–Crippen MR) is 120 cm³/mol. The number of rotatable bonds is 4. The van der Waals surface area contributed by atoms with Crippen LogP contribution < -0.4 is 10.6 Å². The summed E-state index contributed by atoms with van der Waals surface area (Å²) in [6.45, 7) is 3.94. The molecular formula is C22H26ClN5O2. The fraction of sp³-hybridized carbons (Fsp3) is 0.364. The van der Waals surface area contributed by atoms with Crippen molar-refractivity contribution in [3.63, 3.8) is 0 Å². The molecule has 0 bridgehead atoms. The number of ether oxygens (including phenoxy) is 1. The first kappa shape index (κ1) is 20.7. The van der Waals surface area contributed by atoms with E-state index in [-0.39, 0.29) is 12.0 Å². The number of methoxy groups -OCH3 is 1. The molecule has 1 unspecified atom stereocenters. The van der Waals surface area contributed by atoms with Crippen molar-refractivity contribution in [3.8, 4) is 0 Å². The summed E-state index contributed by atoms with van der Waals surface area (Å²) in [6, 6.07) is 13.6. The zero-order chi connectivity index (χ0) is 21.1. The van der Waals surface area contributed by atoms with E-state index in [9.17, 15) is 4.79 Å². The molecule has 2 aliphatic heterocycles. The Morgan fingerprint density at radius 3 is 2.70 bits per heavy atom. The van der Waals surface area contributed by atoms with Gasteiger partial charge in [-0.25, -0.2) is 4.99 Å². The Balaban J connectivity index is 1.55. The van der Waals surface area contributed by atoms with Gasteiger partial charge in [-0.05, 0) is 37.4 Å². The second kappa shape index (κ2) is 9.04. The molecule has 1 saturated heterocycles. The van der Waals surface area contributed by atoms with Gasteiger partial charge in [0.2, 0.25) is 0 Å². The fourth-order valence-electron chi connectivity index (χ4n) is 3.88. The third kappa shape index (κ3) is 4.28. The van der Waals surface area contributed by atoms with Crippen LogP contribution in [0.5, 0.6) is 0 Å². The summed E-state index contributed by atoms with van der Waals surface area (Å²) in [6.07, 6.45) is 0. The molecule has 30 heavy (non-hydrogen) atoms. The van der Waals surface area contributed by atoms with Gasteiger partial charge >= 0.3 is 5.97 Å². The Morgan fingerprint density at radius 1 is 1.20 bits per heavy atom. The van der Waals surface area contributed by atoms with E-state index in [1.54, 1.807) is 7.05 Å². The van der Waals surface area contributed by atoms with E-state index >= 15 is 0 Å². The highest BCUT2D eigenvalue weighted by Crippen LogP contribution is 2.36. The maximum absolute atomic E-state index is 11.9. The third-order valence-electron chi connectivity index (χ3n) is 5.57. The van der Waals surface area contributed by atoms with Crippen molar-refractivity contribution in [2.24, 2.45) is 4.99 Å². The summed E-state index contributed by atoms with van der Waals surface area (Å²) in [7, 11) is 3.20. The molecule has 0 amide bonds. The van der Waals surface area contributed by atoms with Crippen LogP contribution >= 0.6 is 11.6 Å². The van der Waals surface area contributed by atoms with Gasteiger partial charge in [-0.3, -0.25) is 9.69 Å². The van der Waals surface area contributed by atoms with Crippen LogP contribution in [0.1, 0.15) is 5.56 Å². The van der Waals surface area contributed by atoms with E-state index in [0.717, 1.165) is 54.6 Å². The van der Waals surface area contributed by atoms with Crippen molar-refractivity contribution in [2.45, 2.75) is 6.04 Å². The Kier molecular flexibility index (Phi) is 6.22. The lowest BCUT2D eigenvalue weighted by atomic mass is 10.1. The number of carbonyl (C=O) groups excluding carboxylic acids is 1. The number of aliphatic imine (C=N–C) groups is 1. The zero-order valence-electron chi connectivity index (χ0n) is 17.2. The van der Waals surface area contributed by atoms with Crippen LogP contribution in [0.15, 0.2) is 47.5 Å². The second-order valence-corrected chi connectivity index (χ2v) is 7.86. The summed E-state index contributed by atoms with van der Waals surface area (Å²) in [4.78, 5) is 21.5. The molecule has 2 aliphatic rings. The Morgan fingerprint density at radius 2 is 1.97 bits per heavy atom. The number of benzene rings is 2. The van der Waals surface area contributed by atoms with Crippen LogP contribution in [0, 0.1) is 0 Å². The number of hydrogen-bond acceptors (Lipinski definition) is 7. The SMILES string of the molecule is CNC(CN1CCN(C2=Nc3cc(Cl)ccc3Nc3ccccc32)CC1)C(=O)OC. The topological polar surface area (TPSA) is 69.2 Å². The molecule has 0 aliphatic carbocycles. The minimum atomic E-state index is -0.323. The van der Waals surface area contributed by atoms with Crippen molar-refractivity contribution >= 4 is 40.5 Å². The molecule has 0 aromatic heterocycles. The molecule has 7 nitrogen and oxygen atoms in total. The van der Waals surface area contributed by atoms with E-state index in [4.69, 9.17) is 21.3 Å². The van der Waals surface area contributed by atoms with Gasteiger partial charge < -0.3 is 20.3 Å². The lowest BCUT2D eigenvalue weighted by Gasteiger charge is -2.37. The Bertz CT molecular complexity index is 956. The molecule has 1 atom stereocenters. The highest BCUT2D eigenvalue weighted by Gasteiger charge is 2.27. The van der Waals surface area contributed by atoms with Crippen molar-refractivity contribution < 1.29 is 9.53 Å². The highest BCUT2D eigenvalue weighted by molar-refractivity contribution is 6.31. The van der Waals surface area contributed by atoms with Gasteiger partial charge in [0.25, 0.3) is 0 Å². The van der Waals surface area contributed by atoms with Gasteiger partial charge in [0.1, 0.15) is 11.9 Å². The van der Waals surface area contributed by atoms with Gasteiger partial charge in [-0.1, -0.05) is 23.7 Å². The Hall–Kier alpha value is -2.61. The molecule has 0 radical (unpaired) electrons. The van der Waals surface area contributed by atoms with E-state index in [1.807, 2.05) is 30.3 Å². The number of nitrogens with zero attached hydrogens (tertiary/aromatic N) is 3. The highest BCUT2D eigenvalue weighted by atomic mass is 35.5. The Labute approximate surface area is 181 Å². The number of nitrogens with one attached hydrogen (secondary N) is 2. The average Bonchev–Trinajstić information content (AvgIpc) is 2.94. The zero-order valence-corrected chi connectivity index (χ0v) is 17.9. The number of esters is 1. The predicted octanol–water partition coefficient (Wildman–Crippen LogP) is 2.85. The number of likely N-dealkylation sites (N-methyl/N-ethyl adjacent to an activating group) is 1. The summed E-state index contributed by atoms with van der Waals surface area (Å²) < 4.78 is 4.88. The number of halogens is 1. The smallest absolute Gasteiger partial charge is 0.324 e. The third-order valence-corrected chi connectivity index (χ3v) is 5.81. The van der Waals surface area contributed by atoms with Gasteiger partial charge in [0, 0.05) is 49.0 Å². The van der Waals surface area contributed by atoms with Crippen molar-refractivity contribution in [1.29, 1.82) is 0 Å². The van der Waals surface area contributed by atoms with Crippen LogP contribution in [0.4, 0.5) is 17.1 Å². The number of fused-ring (bicyclic) bond motifs is 2. The average molecular weight is 428 g/mol. The van der Waals surface area contributed by atoms with Crippen LogP contribution in [-0.2, 0) is 9.53 Å². The first-order valence-electron chi connectivity index (χ1n) is 10.1. The molecule has 2 aromatic carbocycles. The minimum absolute atomic E-state index is 0.235. The molecular weight excluding hydrogens is 402 g/mol. The summed E-state index contributed by atoms with van der Waals surface area (Å²) in [5, 5.41) is 7.19. The molecule has 158 valence electrons. The largest absolute Gasteiger partial charge is 0.468 e. The fourth-order valence-corrected chi connectivity index (χ4v) is 4.04. The molecule has 8 heteroatoms. The van der Waals surface area contributed by atoms with E-state index in [2.05, 4.69) is 32.6 Å². The van der Waals surface area contributed by atoms with Crippen LogP contribution in [0.2, 0.25) is 5.02 Å². The minimum Gasteiger partial charge on any atom is -0.468 e. The van der Waals surface area contributed by atoms with Crippen molar-refractivity contribution in [1.82, 2.24) is 15.1 Å². The number of amidine groups is 1. The van der Waals surface area contributed by atoms with Crippen molar-refractivity contribution in [2.75, 3.05) is 52.2 Å². The number of piperazine rings is 1. The molecule has 2 heterocycles. The molecule has 1 fully saturated rings. The normalized spacial score (nSPS) is 17.2. The number of para-hydroxylation sites is 1. The van der Waals surface area contributed by atoms with Crippen LogP contribution in [0.3, 0.4) is 0 Å². The lowest BCUT2D eigenvalue weighted by Crippen LogP contribution is -2.53. The quantitative estimate of drug-likeness (QED) is 0.731. The molecule has 0 saturated carbocycles. The first-order valence-corrected chi connectivity index (χ1v) is 10.4. The van der Waals surface area contributed by atoms with Gasteiger partial charge in [-0.2, -0.15) is 0 Å². The van der Waals surface area contributed by atoms with Crippen molar-refractivity contribution in [3.05, 3.63) is 53.1 Å². The molecule has 2 aromatic rings. The maximum Gasteiger partial charge on any atom is 0.324 e. The van der Waals surface area contributed by atoms with E-state index in [1.165, 1.54) is 7.11 Å². The van der Waals surface area contributed by atoms with E-state index in [0.29, 0.717) is 11.6 Å². The lowest BCUT2D eigenvalue weighted by molar-refractivity contribution is -0.143. The van der Waals surface area contributed by atoms with Crippen LogP contribution in [0.25, 0.3) is 0 Å². The first-order chi connectivity index (χ1) is 14.6. The molecule has 0 spiro atoms.